The number of piperazine rings is 1. The maximum atomic E-state index is 13.9. The van der Waals surface area contributed by atoms with Crippen LogP contribution in [0, 0.1) is 11.7 Å². The van der Waals surface area contributed by atoms with Crippen LogP contribution in [0.15, 0.2) is 36.5 Å². The van der Waals surface area contributed by atoms with Crippen LogP contribution in [0.5, 0.6) is 0 Å². The summed E-state index contributed by atoms with van der Waals surface area (Å²) in [5.41, 5.74) is 0.672. The zero-order chi connectivity index (χ0) is 16.9. The molecule has 1 saturated heterocycles. The number of hydrogen-bond acceptors (Lipinski definition) is 5. The van der Waals surface area contributed by atoms with Gasteiger partial charge < -0.3 is 15.1 Å². The molecule has 0 atom stereocenters. The van der Waals surface area contributed by atoms with E-state index in [1.807, 2.05) is 18.2 Å². The standard InChI is InChI=1S/C18H24FN5/c1-14(2)13-21-17-7-8-20-18(22-17)24-11-9-23(10-12-24)16-6-4-3-5-15(16)19/h3-8,14H,9-13H2,1-2H3,(H,20,21,22). The van der Waals surface area contributed by atoms with Crippen LogP contribution in [0.25, 0.3) is 0 Å². The topological polar surface area (TPSA) is 44.3 Å². The molecule has 128 valence electrons. The Hall–Kier alpha value is -2.37. The summed E-state index contributed by atoms with van der Waals surface area (Å²) >= 11 is 0. The normalized spacial score (nSPS) is 15.0. The Kier molecular flexibility index (Phi) is 5.13. The molecule has 6 heteroatoms. The van der Waals surface area contributed by atoms with E-state index in [1.165, 1.54) is 6.07 Å². The maximum Gasteiger partial charge on any atom is 0.227 e. The van der Waals surface area contributed by atoms with Crippen molar-refractivity contribution in [3.05, 3.63) is 42.3 Å². The SMILES string of the molecule is CC(C)CNc1ccnc(N2CCN(c3ccccc3F)CC2)n1. The largest absolute Gasteiger partial charge is 0.370 e. The molecule has 0 bridgehead atoms. The number of para-hydroxylation sites is 1. The monoisotopic (exact) mass is 329 g/mol. The van der Waals surface area contributed by atoms with Crippen molar-refractivity contribution < 1.29 is 4.39 Å². The fourth-order valence-corrected chi connectivity index (χ4v) is 2.76. The average Bonchev–Trinajstić information content (AvgIpc) is 2.61. The minimum Gasteiger partial charge on any atom is -0.370 e. The van der Waals surface area contributed by atoms with Gasteiger partial charge in [-0.25, -0.2) is 9.37 Å². The molecule has 1 aromatic heterocycles. The van der Waals surface area contributed by atoms with Crippen LogP contribution in [0.3, 0.4) is 0 Å². The van der Waals surface area contributed by atoms with Crippen LogP contribution < -0.4 is 15.1 Å². The zero-order valence-electron chi connectivity index (χ0n) is 14.2. The molecule has 2 aromatic rings. The van der Waals surface area contributed by atoms with Crippen molar-refractivity contribution in [1.29, 1.82) is 0 Å². The number of aromatic nitrogens is 2. The van der Waals surface area contributed by atoms with Crippen molar-refractivity contribution in [1.82, 2.24) is 9.97 Å². The number of rotatable bonds is 5. The van der Waals surface area contributed by atoms with Crippen molar-refractivity contribution in [2.24, 2.45) is 5.92 Å². The maximum absolute atomic E-state index is 13.9. The number of benzene rings is 1. The quantitative estimate of drug-likeness (QED) is 0.913. The summed E-state index contributed by atoms with van der Waals surface area (Å²) in [6.07, 6.45) is 1.79. The summed E-state index contributed by atoms with van der Waals surface area (Å²) in [5, 5.41) is 3.33. The lowest BCUT2D eigenvalue weighted by atomic mass is 10.2. The van der Waals surface area contributed by atoms with Crippen LogP contribution in [0.4, 0.5) is 21.8 Å². The molecular weight excluding hydrogens is 305 g/mol. The highest BCUT2D eigenvalue weighted by atomic mass is 19.1. The van der Waals surface area contributed by atoms with Gasteiger partial charge in [-0.3, -0.25) is 0 Å². The van der Waals surface area contributed by atoms with E-state index in [2.05, 4.69) is 38.9 Å². The zero-order valence-corrected chi connectivity index (χ0v) is 14.2. The Morgan fingerprint density at radius 3 is 2.50 bits per heavy atom. The summed E-state index contributed by atoms with van der Waals surface area (Å²) in [5.74, 6) is 1.98. The molecule has 0 unspecified atom stereocenters. The second-order valence-corrected chi connectivity index (χ2v) is 6.44. The van der Waals surface area contributed by atoms with E-state index in [4.69, 9.17) is 0 Å². The first-order chi connectivity index (χ1) is 11.6. The van der Waals surface area contributed by atoms with E-state index in [0.717, 1.165) is 44.5 Å². The molecule has 2 heterocycles. The van der Waals surface area contributed by atoms with Crippen molar-refractivity contribution in [2.75, 3.05) is 47.8 Å². The van der Waals surface area contributed by atoms with Crippen molar-refractivity contribution in [2.45, 2.75) is 13.8 Å². The Balaban J connectivity index is 1.62. The molecule has 1 N–H and O–H groups in total. The third kappa shape index (κ3) is 3.93. The van der Waals surface area contributed by atoms with Gasteiger partial charge in [0.1, 0.15) is 11.6 Å². The van der Waals surface area contributed by atoms with Crippen LogP contribution in [-0.4, -0.2) is 42.7 Å². The Morgan fingerprint density at radius 1 is 1.08 bits per heavy atom. The molecule has 3 rings (SSSR count). The number of nitrogens with zero attached hydrogens (tertiary/aromatic N) is 4. The van der Waals surface area contributed by atoms with E-state index in [9.17, 15) is 4.39 Å². The van der Waals surface area contributed by atoms with Gasteiger partial charge in [0.25, 0.3) is 0 Å². The lowest BCUT2D eigenvalue weighted by Gasteiger charge is -2.36. The first-order valence-electron chi connectivity index (χ1n) is 8.45. The number of halogens is 1. The van der Waals surface area contributed by atoms with Crippen LogP contribution >= 0.6 is 0 Å². The number of anilines is 3. The minimum atomic E-state index is -0.165. The van der Waals surface area contributed by atoms with Crippen molar-refractivity contribution in [3.63, 3.8) is 0 Å². The van der Waals surface area contributed by atoms with E-state index >= 15 is 0 Å². The molecule has 1 aliphatic rings. The van der Waals surface area contributed by atoms with Gasteiger partial charge in [0.2, 0.25) is 5.95 Å². The summed E-state index contributed by atoms with van der Waals surface area (Å²) in [4.78, 5) is 13.2. The third-order valence-corrected chi connectivity index (χ3v) is 4.09. The minimum absolute atomic E-state index is 0.165. The summed E-state index contributed by atoms with van der Waals surface area (Å²) < 4.78 is 13.9. The second kappa shape index (κ2) is 7.47. The number of hydrogen-bond donors (Lipinski definition) is 1. The van der Waals surface area contributed by atoms with Gasteiger partial charge in [-0.05, 0) is 24.1 Å². The molecule has 0 radical (unpaired) electrons. The fraction of sp³-hybridized carbons (Fsp3) is 0.444. The molecule has 0 spiro atoms. The molecule has 1 fully saturated rings. The number of nitrogens with one attached hydrogen (secondary N) is 1. The average molecular weight is 329 g/mol. The summed E-state index contributed by atoms with van der Waals surface area (Å²) in [6.45, 7) is 8.29. The van der Waals surface area contributed by atoms with E-state index in [0.29, 0.717) is 11.6 Å². The second-order valence-electron chi connectivity index (χ2n) is 6.44. The molecular formula is C18H24FN5. The lowest BCUT2D eigenvalue weighted by molar-refractivity contribution is 0.594. The van der Waals surface area contributed by atoms with Gasteiger partial charge in [-0.15, -0.1) is 0 Å². The highest BCUT2D eigenvalue weighted by molar-refractivity contribution is 5.50. The van der Waals surface area contributed by atoms with Gasteiger partial charge in [0.15, 0.2) is 0 Å². The first kappa shape index (κ1) is 16.5. The van der Waals surface area contributed by atoms with Gasteiger partial charge in [0.05, 0.1) is 5.69 Å². The predicted molar refractivity (Wildman–Crippen MR) is 96.2 cm³/mol. The third-order valence-electron chi connectivity index (χ3n) is 4.09. The van der Waals surface area contributed by atoms with Gasteiger partial charge in [-0.1, -0.05) is 26.0 Å². The van der Waals surface area contributed by atoms with E-state index in [1.54, 1.807) is 12.3 Å². The van der Waals surface area contributed by atoms with Crippen molar-refractivity contribution >= 4 is 17.5 Å². The Morgan fingerprint density at radius 2 is 1.79 bits per heavy atom. The molecule has 0 aliphatic carbocycles. The Labute approximate surface area is 142 Å². The summed E-state index contributed by atoms with van der Waals surface area (Å²) in [6, 6.07) is 8.82. The highest BCUT2D eigenvalue weighted by Gasteiger charge is 2.21. The van der Waals surface area contributed by atoms with E-state index < -0.39 is 0 Å². The predicted octanol–water partition coefficient (Wildman–Crippen LogP) is 3.01. The summed E-state index contributed by atoms with van der Waals surface area (Å²) in [7, 11) is 0. The van der Waals surface area contributed by atoms with Gasteiger partial charge in [0, 0.05) is 38.9 Å². The molecule has 0 saturated carbocycles. The lowest BCUT2D eigenvalue weighted by Crippen LogP contribution is -2.47. The van der Waals surface area contributed by atoms with Crippen LogP contribution in [0.2, 0.25) is 0 Å². The molecule has 1 aliphatic heterocycles. The van der Waals surface area contributed by atoms with Crippen molar-refractivity contribution in [3.8, 4) is 0 Å². The molecule has 0 amide bonds. The molecule has 24 heavy (non-hydrogen) atoms. The highest BCUT2D eigenvalue weighted by Crippen LogP contribution is 2.21. The van der Waals surface area contributed by atoms with Gasteiger partial charge >= 0.3 is 0 Å². The fourth-order valence-electron chi connectivity index (χ4n) is 2.76. The van der Waals surface area contributed by atoms with E-state index in [-0.39, 0.29) is 5.82 Å². The van der Waals surface area contributed by atoms with Crippen LogP contribution in [-0.2, 0) is 0 Å². The Bertz CT molecular complexity index is 668. The first-order valence-corrected chi connectivity index (χ1v) is 8.45. The van der Waals surface area contributed by atoms with Crippen LogP contribution in [0.1, 0.15) is 13.8 Å². The smallest absolute Gasteiger partial charge is 0.227 e. The molecule has 1 aromatic carbocycles. The van der Waals surface area contributed by atoms with Gasteiger partial charge in [-0.2, -0.15) is 4.98 Å². The molecule has 5 nitrogen and oxygen atoms in total.